The molecule has 0 saturated carbocycles. The van der Waals surface area contributed by atoms with Crippen LogP contribution in [0.3, 0.4) is 0 Å². The molecule has 27 heavy (non-hydrogen) atoms. The molecule has 7 heteroatoms. The van der Waals surface area contributed by atoms with Gasteiger partial charge in [-0.15, -0.1) is 21.5 Å². The van der Waals surface area contributed by atoms with Gasteiger partial charge in [0.2, 0.25) is 11.8 Å². The Morgan fingerprint density at radius 2 is 2.11 bits per heavy atom. The molecule has 4 rings (SSSR count). The third kappa shape index (κ3) is 4.09. The van der Waals surface area contributed by atoms with Crippen molar-refractivity contribution in [3.63, 3.8) is 0 Å². The minimum absolute atomic E-state index is 0.127. The van der Waals surface area contributed by atoms with Gasteiger partial charge in [-0.3, -0.25) is 4.79 Å². The Bertz CT molecular complexity index is 916. The van der Waals surface area contributed by atoms with Crippen molar-refractivity contribution in [1.82, 2.24) is 15.1 Å². The van der Waals surface area contributed by atoms with Crippen LogP contribution < -0.4 is 0 Å². The minimum atomic E-state index is 0.127. The van der Waals surface area contributed by atoms with Crippen molar-refractivity contribution in [2.75, 3.05) is 12.3 Å². The number of amides is 1. The van der Waals surface area contributed by atoms with Crippen molar-refractivity contribution in [1.29, 1.82) is 0 Å². The lowest BCUT2D eigenvalue weighted by atomic mass is 10.1. The maximum atomic E-state index is 12.7. The third-order valence-corrected chi connectivity index (χ3v) is 6.42. The number of rotatable bonds is 5. The number of carbonyl (C=O) groups excluding carboxylic acids is 1. The number of thioether (sulfide) groups is 1. The van der Waals surface area contributed by atoms with Gasteiger partial charge in [0, 0.05) is 17.0 Å². The van der Waals surface area contributed by atoms with Crippen LogP contribution in [0.25, 0.3) is 11.5 Å². The molecule has 0 N–H and O–H groups in total. The van der Waals surface area contributed by atoms with Gasteiger partial charge in [0.25, 0.3) is 5.22 Å². The summed E-state index contributed by atoms with van der Waals surface area (Å²) in [5, 5.41) is 10.7. The molecule has 1 unspecified atom stereocenters. The summed E-state index contributed by atoms with van der Waals surface area (Å²) in [6.07, 6.45) is 2.09. The summed E-state index contributed by atoms with van der Waals surface area (Å²) in [6, 6.07) is 10.5. The Labute approximate surface area is 166 Å². The molecule has 1 saturated heterocycles. The van der Waals surface area contributed by atoms with Crippen LogP contribution in [0.4, 0.5) is 0 Å². The quantitative estimate of drug-likeness (QED) is 0.573. The predicted octanol–water partition coefficient (Wildman–Crippen LogP) is 4.87. The summed E-state index contributed by atoms with van der Waals surface area (Å²) in [4.78, 5) is 16.0. The monoisotopic (exact) mass is 399 g/mol. The van der Waals surface area contributed by atoms with Crippen molar-refractivity contribution in [2.24, 2.45) is 0 Å². The van der Waals surface area contributed by atoms with Gasteiger partial charge in [0.15, 0.2) is 0 Å². The van der Waals surface area contributed by atoms with E-state index in [-0.39, 0.29) is 11.9 Å². The van der Waals surface area contributed by atoms with E-state index in [1.165, 1.54) is 16.6 Å². The molecule has 1 aliphatic rings. The molecule has 1 aliphatic heterocycles. The number of carbonyl (C=O) groups is 1. The summed E-state index contributed by atoms with van der Waals surface area (Å²) in [6.45, 7) is 4.90. The summed E-state index contributed by atoms with van der Waals surface area (Å²) in [5.41, 5.74) is 3.22. The molecule has 0 bridgehead atoms. The lowest BCUT2D eigenvalue weighted by Gasteiger charge is -2.23. The Hall–Kier alpha value is -2.12. The average Bonchev–Trinajstić information content (AvgIpc) is 3.39. The SMILES string of the molecule is Cc1cc(C)cc(-c2nnc(SCC(=O)N3CCCC3c3cccs3)o2)c1. The Morgan fingerprint density at radius 3 is 2.85 bits per heavy atom. The van der Waals surface area contributed by atoms with E-state index < -0.39 is 0 Å². The van der Waals surface area contributed by atoms with Crippen LogP contribution in [0.5, 0.6) is 0 Å². The number of aromatic nitrogens is 2. The van der Waals surface area contributed by atoms with Crippen LogP contribution in [-0.4, -0.2) is 33.3 Å². The summed E-state index contributed by atoms with van der Waals surface area (Å²) in [7, 11) is 0. The van der Waals surface area contributed by atoms with Crippen molar-refractivity contribution < 1.29 is 9.21 Å². The zero-order valence-electron chi connectivity index (χ0n) is 15.3. The van der Waals surface area contributed by atoms with Gasteiger partial charge in [0.1, 0.15) is 0 Å². The van der Waals surface area contributed by atoms with Crippen LogP contribution >= 0.6 is 23.1 Å². The van der Waals surface area contributed by atoms with E-state index in [4.69, 9.17) is 4.42 Å². The molecule has 1 fully saturated rings. The zero-order chi connectivity index (χ0) is 18.8. The second-order valence-electron chi connectivity index (χ2n) is 6.80. The molecule has 3 heterocycles. The van der Waals surface area contributed by atoms with Gasteiger partial charge in [-0.1, -0.05) is 35.0 Å². The van der Waals surface area contributed by atoms with Gasteiger partial charge in [-0.05, 0) is 50.3 Å². The fourth-order valence-electron chi connectivity index (χ4n) is 3.53. The van der Waals surface area contributed by atoms with Gasteiger partial charge >= 0.3 is 0 Å². The van der Waals surface area contributed by atoms with Gasteiger partial charge < -0.3 is 9.32 Å². The Morgan fingerprint density at radius 1 is 1.30 bits per heavy atom. The second-order valence-corrected chi connectivity index (χ2v) is 8.70. The molecular formula is C20H21N3O2S2. The minimum Gasteiger partial charge on any atom is -0.411 e. The fourth-order valence-corrected chi connectivity index (χ4v) is 5.05. The molecule has 0 spiro atoms. The van der Waals surface area contributed by atoms with Crippen LogP contribution in [0, 0.1) is 13.8 Å². The number of nitrogens with zero attached hydrogens (tertiary/aromatic N) is 3. The summed E-state index contributed by atoms with van der Waals surface area (Å²) in [5.74, 6) is 0.938. The van der Waals surface area contributed by atoms with Crippen LogP contribution in [0.2, 0.25) is 0 Å². The lowest BCUT2D eigenvalue weighted by Crippen LogP contribution is -2.31. The molecule has 1 atom stereocenters. The first kappa shape index (κ1) is 18.3. The fraction of sp³-hybridized carbons (Fsp3) is 0.350. The predicted molar refractivity (Wildman–Crippen MR) is 108 cm³/mol. The molecule has 0 aliphatic carbocycles. The number of hydrogen-bond acceptors (Lipinski definition) is 6. The first-order chi connectivity index (χ1) is 13.1. The number of hydrogen-bond donors (Lipinski definition) is 0. The Kier molecular flexibility index (Phi) is 5.31. The molecule has 3 aromatic rings. The number of likely N-dealkylation sites (tertiary alicyclic amines) is 1. The van der Waals surface area contributed by atoms with E-state index in [1.54, 1.807) is 11.3 Å². The number of benzene rings is 1. The number of aryl methyl sites for hydroxylation is 2. The van der Waals surface area contributed by atoms with E-state index in [0.717, 1.165) is 36.1 Å². The zero-order valence-corrected chi connectivity index (χ0v) is 17.0. The highest BCUT2D eigenvalue weighted by atomic mass is 32.2. The molecule has 2 aromatic heterocycles. The van der Waals surface area contributed by atoms with Crippen molar-refractivity contribution in [3.8, 4) is 11.5 Å². The van der Waals surface area contributed by atoms with Gasteiger partial charge in [-0.2, -0.15) is 0 Å². The molecule has 140 valence electrons. The largest absolute Gasteiger partial charge is 0.411 e. The van der Waals surface area contributed by atoms with Crippen LogP contribution in [0.1, 0.15) is 34.9 Å². The lowest BCUT2D eigenvalue weighted by molar-refractivity contribution is -0.129. The molecule has 1 aromatic carbocycles. The highest BCUT2D eigenvalue weighted by Crippen LogP contribution is 2.35. The van der Waals surface area contributed by atoms with E-state index in [0.29, 0.717) is 16.9 Å². The second kappa shape index (κ2) is 7.86. The molecular weight excluding hydrogens is 378 g/mol. The maximum absolute atomic E-state index is 12.7. The smallest absolute Gasteiger partial charge is 0.277 e. The van der Waals surface area contributed by atoms with Gasteiger partial charge in [0.05, 0.1) is 11.8 Å². The summed E-state index contributed by atoms with van der Waals surface area (Å²) >= 11 is 3.03. The first-order valence-corrected chi connectivity index (χ1v) is 10.8. The highest BCUT2D eigenvalue weighted by molar-refractivity contribution is 7.99. The summed E-state index contributed by atoms with van der Waals surface area (Å²) < 4.78 is 5.76. The van der Waals surface area contributed by atoms with Crippen molar-refractivity contribution in [2.45, 2.75) is 38.0 Å². The third-order valence-electron chi connectivity index (χ3n) is 4.64. The molecule has 0 radical (unpaired) electrons. The van der Waals surface area contributed by atoms with Gasteiger partial charge in [-0.25, -0.2) is 0 Å². The average molecular weight is 400 g/mol. The highest BCUT2D eigenvalue weighted by Gasteiger charge is 2.30. The van der Waals surface area contributed by atoms with E-state index in [2.05, 4.69) is 27.7 Å². The van der Waals surface area contributed by atoms with Crippen molar-refractivity contribution in [3.05, 3.63) is 51.7 Å². The maximum Gasteiger partial charge on any atom is 0.277 e. The Balaban J connectivity index is 1.40. The van der Waals surface area contributed by atoms with E-state index in [1.807, 2.05) is 36.9 Å². The number of thiophene rings is 1. The van der Waals surface area contributed by atoms with Crippen molar-refractivity contribution >= 4 is 29.0 Å². The normalized spacial score (nSPS) is 16.8. The van der Waals surface area contributed by atoms with Crippen LogP contribution in [0.15, 0.2) is 45.4 Å². The van der Waals surface area contributed by atoms with Crippen LogP contribution in [-0.2, 0) is 4.79 Å². The van der Waals surface area contributed by atoms with E-state index in [9.17, 15) is 4.79 Å². The standard InChI is InChI=1S/C20H21N3O2S2/c1-13-9-14(2)11-15(10-13)19-21-22-20(25-19)27-12-18(24)23-7-3-5-16(23)17-6-4-8-26-17/h4,6,8-11,16H,3,5,7,12H2,1-2H3. The van der Waals surface area contributed by atoms with E-state index >= 15 is 0 Å². The molecule has 1 amide bonds. The molecule has 5 nitrogen and oxygen atoms in total. The topological polar surface area (TPSA) is 59.2 Å². The first-order valence-electron chi connectivity index (χ1n) is 8.98.